The molecule has 1 aliphatic rings. The fourth-order valence-corrected chi connectivity index (χ4v) is 2.90. The Bertz CT molecular complexity index is 503. The Kier molecular flexibility index (Phi) is 9.65. The van der Waals surface area contributed by atoms with Crippen LogP contribution in [0.4, 0.5) is 0 Å². The van der Waals surface area contributed by atoms with Crippen LogP contribution in [0.15, 0.2) is 17.4 Å². The van der Waals surface area contributed by atoms with Crippen molar-refractivity contribution in [1.82, 2.24) is 20.0 Å². The number of hydrogen-bond donors (Lipinski definition) is 1. The van der Waals surface area contributed by atoms with Gasteiger partial charge >= 0.3 is 0 Å². The zero-order valence-electron chi connectivity index (χ0n) is 15.4. The molecule has 1 unspecified atom stereocenters. The minimum absolute atomic E-state index is 0. The fraction of sp³-hybridized carbons (Fsp3) is 0.765. The Morgan fingerprint density at radius 2 is 2.29 bits per heavy atom. The molecule has 1 aliphatic heterocycles. The molecular formula is C17H32IN5O. The molecule has 1 N–H and O–H groups in total. The van der Waals surface area contributed by atoms with Crippen LogP contribution >= 0.6 is 24.0 Å². The fourth-order valence-electron chi connectivity index (χ4n) is 2.90. The molecule has 2 heterocycles. The molecule has 6 nitrogen and oxygen atoms in total. The summed E-state index contributed by atoms with van der Waals surface area (Å²) in [4.78, 5) is 6.76. The highest BCUT2D eigenvalue weighted by molar-refractivity contribution is 14.0. The highest BCUT2D eigenvalue weighted by Crippen LogP contribution is 2.26. The van der Waals surface area contributed by atoms with Crippen molar-refractivity contribution in [3.63, 3.8) is 0 Å². The van der Waals surface area contributed by atoms with Gasteiger partial charge in [-0.05, 0) is 24.3 Å². The van der Waals surface area contributed by atoms with Crippen molar-refractivity contribution in [2.45, 2.75) is 32.6 Å². The van der Waals surface area contributed by atoms with Crippen LogP contribution in [-0.2, 0) is 11.8 Å². The lowest BCUT2D eigenvalue weighted by Gasteiger charge is -2.21. The average Bonchev–Trinajstić information content (AvgIpc) is 3.15. The summed E-state index contributed by atoms with van der Waals surface area (Å²) >= 11 is 0. The van der Waals surface area contributed by atoms with Gasteiger partial charge in [-0.15, -0.1) is 24.0 Å². The highest BCUT2D eigenvalue weighted by atomic mass is 127. The standard InChI is InChI=1S/C17H31N5O.HI/c1-14(2)13-23-9-5-7-19-17(18-3)22-8-6-15(12-22)16-10-20-21(4)11-16;/h10-11,14-15H,5-9,12-13H2,1-4H3,(H,18,19);1H. The van der Waals surface area contributed by atoms with E-state index < -0.39 is 0 Å². The van der Waals surface area contributed by atoms with Crippen LogP contribution < -0.4 is 5.32 Å². The van der Waals surface area contributed by atoms with Gasteiger partial charge in [0.05, 0.1) is 6.20 Å². The molecular weight excluding hydrogens is 417 g/mol. The second-order valence-electron chi connectivity index (χ2n) is 6.68. The Labute approximate surface area is 163 Å². The van der Waals surface area contributed by atoms with E-state index >= 15 is 0 Å². The number of rotatable bonds is 7. The van der Waals surface area contributed by atoms with E-state index in [1.165, 1.54) is 5.56 Å². The summed E-state index contributed by atoms with van der Waals surface area (Å²) in [6.07, 6.45) is 6.27. The summed E-state index contributed by atoms with van der Waals surface area (Å²) < 4.78 is 7.49. The first-order valence-electron chi connectivity index (χ1n) is 8.62. The van der Waals surface area contributed by atoms with Crippen molar-refractivity contribution in [1.29, 1.82) is 0 Å². The van der Waals surface area contributed by atoms with E-state index in [0.29, 0.717) is 11.8 Å². The third-order valence-electron chi connectivity index (χ3n) is 4.10. The smallest absolute Gasteiger partial charge is 0.193 e. The summed E-state index contributed by atoms with van der Waals surface area (Å²) in [5, 5.41) is 7.73. The SMILES string of the molecule is CN=C(NCCCOCC(C)C)N1CCC(c2cnn(C)c2)C1.I. The maximum absolute atomic E-state index is 5.61. The predicted octanol–water partition coefficient (Wildman–Crippen LogP) is 2.47. The Morgan fingerprint density at radius 3 is 2.92 bits per heavy atom. The van der Waals surface area contributed by atoms with E-state index in [-0.39, 0.29) is 24.0 Å². The molecule has 1 aromatic heterocycles. The Balaban J connectivity index is 0.00000288. The molecule has 0 bridgehead atoms. The normalized spacial score (nSPS) is 18.1. The number of nitrogens with zero attached hydrogens (tertiary/aromatic N) is 4. The average molecular weight is 449 g/mol. The largest absolute Gasteiger partial charge is 0.381 e. The Morgan fingerprint density at radius 1 is 1.50 bits per heavy atom. The summed E-state index contributed by atoms with van der Waals surface area (Å²) in [5.74, 6) is 2.15. The monoisotopic (exact) mass is 449 g/mol. The molecule has 7 heteroatoms. The number of aromatic nitrogens is 2. The number of nitrogens with one attached hydrogen (secondary N) is 1. The van der Waals surface area contributed by atoms with Crippen LogP contribution in [0.5, 0.6) is 0 Å². The van der Waals surface area contributed by atoms with E-state index in [0.717, 1.165) is 51.6 Å². The van der Waals surface area contributed by atoms with Gasteiger partial charge in [-0.3, -0.25) is 9.67 Å². The molecule has 0 aliphatic carbocycles. The number of guanidine groups is 1. The van der Waals surface area contributed by atoms with Gasteiger partial charge in [0.15, 0.2) is 5.96 Å². The molecule has 24 heavy (non-hydrogen) atoms. The van der Waals surface area contributed by atoms with Crippen molar-refractivity contribution in [3.05, 3.63) is 18.0 Å². The van der Waals surface area contributed by atoms with E-state index in [1.807, 2.05) is 25.0 Å². The first kappa shape index (κ1) is 21.2. The molecule has 1 atom stereocenters. The topological polar surface area (TPSA) is 54.7 Å². The van der Waals surface area contributed by atoms with Gasteiger partial charge in [0.1, 0.15) is 0 Å². The minimum atomic E-state index is 0. The maximum Gasteiger partial charge on any atom is 0.193 e. The molecule has 0 radical (unpaired) electrons. The third kappa shape index (κ3) is 6.58. The second-order valence-corrected chi connectivity index (χ2v) is 6.68. The van der Waals surface area contributed by atoms with Crippen LogP contribution in [0.25, 0.3) is 0 Å². The number of ether oxygens (including phenoxy) is 1. The van der Waals surface area contributed by atoms with Crippen molar-refractivity contribution in [2.75, 3.05) is 39.9 Å². The van der Waals surface area contributed by atoms with E-state index in [9.17, 15) is 0 Å². The highest BCUT2D eigenvalue weighted by Gasteiger charge is 2.26. The number of halogens is 1. The molecule has 0 aromatic carbocycles. The van der Waals surface area contributed by atoms with Crippen LogP contribution in [0.2, 0.25) is 0 Å². The maximum atomic E-state index is 5.61. The quantitative estimate of drug-likeness (QED) is 0.301. The molecule has 1 fully saturated rings. The van der Waals surface area contributed by atoms with E-state index in [1.54, 1.807) is 0 Å². The molecule has 0 amide bonds. The van der Waals surface area contributed by atoms with Gasteiger partial charge in [0, 0.05) is 59.1 Å². The summed E-state index contributed by atoms with van der Waals surface area (Å²) in [5.41, 5.74) is 1.33. The van der Waals surface area contributed by atoms with Crippen LogP contribution in [0.1, 0.15) is 38.2 Å². The van der Waals surface area contributed by atoms with Crippen molar-refractivity contribution in [2.24, 2.45) is 18.0 Å². The summed E-state index contributed by atoms with van der Waals surface area (Å²) in [6.45, 7) is 8.95. The third-order valence-corrected chi connectivity index (χ3v) is 4.10. The molecule has 0 saturated carbocycles. The van der Waals surface area contributed by atoms with Crippen LogP contribution in [0, 0.1) is 5.92 Å². The number of aliphatic imine (C=N–C) groups is 1. The van der Waals surface area contributed by atoms with E-state index in [2.05, 4.69) is 40.4 Å². The lowest BCUT2D eigenvalue weighted by atomic mass is 10.0. The molecule has 1 aromatic rings. The van der Waals surface area contributed by atoms with E-state index in [4.69, 9.17) is 4.74 Å². The Hall–Kier alpha value is -0.830. The first-order valence-corrected chi connectivity index (χ1v) is 8.62. The zero-order valence-corrected chi connectivity index (χ0v) is 17.7. The van der Waals surface area contributed by atoms with Crippen LogP contribution in [-0.4, -0.2) is 60.5 Å². The van der Waals surface area contributed by atoms with Crippen molar-refractivity contribution < 1.29 is 4.74 Å². The first-order chi connectivity index (χ1) is 11.1. The van der Waals surface area contributed by atoms with Crippen molar-refractivity contribution in [3.8, 4) is 0 Å². The number of aryl methyl sites for hydroxylation is 1. The van der Waals surface area contributed by atoms with Gasteiger partial charge < -0.3 is 15.0 Å². The molecule has 2 rings (SSSR count). The minimum Gasteiger partial charge on any atom is -0.381 e. The second kappa shape index (κ2) is 10.9. The summed E-state index contributed by atoms with van der Waals surface area (Å²) in [6, 6.07) is 0. The van der Waals surface area contributed by atoms with Gasteiger partial charge in [0.25, 0.3) is 0 Å². The predicted molar refractivity (Wildman–Crippen MR) is 109 cm³/mol. The zero-order chi connectivity index (χ0) is 16.7. The van der Waals surface area contributed by atoms with Gasteiger partial charge in [-0.25, -0.2) is 0 Å². The summed E-state index contributed by atoms with van der Waals surface area (Å²) in [7, 11) is 3.83. The molecule has 138 valence electrons. The lowest BCUT2D eigenvalue weighted by Crippen LogP contribution is -2.40. The van der Waals surface area contributed by atoms with Crippen molar-refractivity contribution >= 4 is 29.9 Å². The number of hydrogen-bond acceptors (Lipinski definition) is 3. The van der Waals surface area contributed by atoms with Gasteiger partial charge in [-0.1, -0.05) is 13.8 Å². The van der Waals surface area contributed by atoms with Crippen LogP contribution in [0.3, 0.4) is 0 Å². The van der Waals surface area contributed by atoms with Gasteiger partial charge in [0.2, 0.25) is 0 Å². The number of likely N-dealkylation sites (tertiary alicyclic amines) is 1. The van der Waals surface area contributed by atoms with Gasteiger partial charge in [-0.2, -0.15) is 5.10 Å². The lowest BCUT2D eigenvalue weighted by molar-refractivity contribution is 0.108. The molecule has 1 saturated heterocycles. The molecule has 0 spiro atoms.